The van der Waals surface area contributed by atoms with Crippen LogP contribution in [0.25, 0.3) is 0 Å². The van der Waals surface area contributed by atoms with Crippen molar-refractivity contribution < 1.29 is 4.39 Å². The third-order valence-corrected chi connectivity index (χ3v) is 3.59. The Morgan fingerprint density at radius 2 is 2.21 bits per heavy atom. The number of hydrogen-bond donors (Lipinski definition) is 1. The fourth-order valence-corrected chi connectivity index (χ4v) is 2.01. The molecule has 3 heteroatoms. The predicted octanol–water partition coefficient (Wildman–Crippen LogP) is 3.44. The van der Waals surface area contributed by atoms with E-state index in [1.54, 1.807) is 6.07 Å². The van der Waals surface area contributed by atoms with Crippen LogP contribution in [-0.2, 0) is 5.75 Å². The topological polar surface area (TPSA) is 26.0 Å². The predicted molar refractivity (Wildman–Crippen MR) is 61.9 cm³/mol. The third kappa shape index (κ3) is 3.22. The van der Waals surface area contributed by atoms with Crippen LogP contribution in [0.1, 0.15) is 25.8 Å². The number of benzene rings is 1. The lowest BCUT2D eigenvalue weighted by Gasteiger charge is -2.09. The van der Waals surface area contributed by atoms with E-state index in [0.29, 0.717) is 10.9 Å². The van der Waals surface area contributed by atoms with Crippen molar-refractivity contribution in [1.29, 1.82) is 0 Å². The van der Waals surface area contributed by atoms with Crippen molar-refractivity contribution in [3.05, 3.63) is 29.6 Å². The Kier molecular flexibility index (Phi) is 4.26. The quantitative estimate of drug-likeness (QED) is 0.775. The van der Waals surface area contributed by atoms with E-state index in [2.05, 4.69) is 13.8 Å². The summed E-state index contributed by atoms with van der Waals surface area (Å²) in [4.78, 5) is 0. The summed E-state index contributed by atoms with van der Waals surface area (Å²) in [5.74, 6) is 0.598. The zero-order valence-corrected chi connectivity index (χ0v) is 9.40. The zero-order chi connectivity index (χ0) is 10.6. The van der Waals surface area contributed by atoms with Gasteiger partial charge in [0, 0.05) is 16.7 Å². The molecule has 14 heavy (non-hydrogen) atoms. The molecule has 1 rings (SSSR count). The first-order valence-electron chi connectivity index (χ1n) is 4.79. The van der Waals surface area contributed by atoms with Gasteiger partial charge in [-0.3, -0.25) is 0 Å². The number of nitrogens with two attached hydrogens (primary N) is 1. The van der Waals surface area contributed by atoms with Gasteiger partial charge in [0.1, 0.15) is 5.82 Å². The molecule has 0 radical (unpaired) electrons. The molecule has 0 aliphatic rings. The Morgan fingerprint density at radius 1 is 1.50 bits per heavy atom. The van der Waals surface area contributed by atoms with Gasteiger partial charge in [-0.25, -0.2) is 4.39 Å². The summed E-state index contributed by atoms with van der Waals surface area (Å²) >= 11 is 1.85. The summed E-state index contributed by atoms with van der Waals surface area (Å²) in [6.45, 7) is 4.34. The Morgan fingerprint density at radius 3 is 2.79 bits per heavy atom. The largest absolute Gasteiger partial charge is 0.398 e. The monoisotopic (exact) mass is 213 g/mol. The van der Waals surface area contributed by atoms with Crippen LogP contribution in [0, 0.1) is 5.82 Å². The summed E-state index contributed by atoms with van der Waals surface area (Å²) in [5, 5.41) is 0.624. The van der Waals surface area contributed by atoms with E-state index in [0.717, 1.165) is 17.7 Å². The van der Waals surface area contributed by atoms with Crippen molar-refractivity contribution in [3.8, 4) is 0 Å². The highest BCUT2D eigenvalue weighted by atomic mass is 32.2. The Balaban J connectivity index is 2.59. The molecule has 0 saturated carbocycles. The molecule has 0 heterocycles. The van der Waals surface area contributed by atoms with Gasteiger partial charge in [0.05, 0.1) is 0 Å². The van der Waals surface area contributed by atoms with E-state index in [1.165, 1.54) is 12.1 Å². The van der Waals surface area contributed by atoms with Crippen molar-refractivity contribution in [1.82, 2.24) is 0 Å². The van der Waals surface area contributed by atoms with Crippen LogP contribution in [0.2, 0.25) is 0 Å². The molecule has 0 fully saturated rings. The van der Waals surface area contributed by atoms with E-state index in [4.69, 9.17) is 5.73 Å². The SMILES string of the molecule is CCC(C)SCc1ccc(F)cc1N. The van der Waals surface area contributed by atoms with Gasteiger partial charge in [-0.1, -0.05) is 19.9 Å². The first kappa shape index (κ1) is 11.4. The molecule has 1 unspecified atom stereocenters. The minimum Gasteiger partial charge on any atom is -0.398 e. The van der Waals surface area contributed by atoms with Crippen molar-refractivity contribution >= 4 is 17.4 Å². The highest BCUT2D eigenvalue weighted by Gasteiger charge is 2.04. The molecule has 78 valence electrons. The van der Waals surface area contributed by atoms with Crippen LogP contribution in [0.5, 0.6) is 0 Å². The van der Waals surface area contributed by atoms with Gasteiger partial charge in [0.25, 0.3) is 0 Å². The van der Waals surface area contributed by atoms with Crippen LogP contribution in [0.3, 0.4) is 0 Å². The minimum atomic E-state index is -0.264. The molecule has 0 bridgehead atoms. The van der Waals surface area contributed by atoms with Crippen LogP contribution >= 0.6 is 11.8 Å². The molecule has 1 aromatic rings. The maximum absolute atomic E-state index is 12.7. The zero-order valence-electron chi connectivity index (χ0n) is 8.59. The molecule has 1 aromatic carbocycles. The second-order valence-electron chi connectivity index (χ2n) is 3.37. The van der Waals surface area contributed by atoms with Gasteiger partial charge in [0.15, 0.2) is 0 Å². The molecule has 1 nitrogen and oxygen atoms in total. The highest BCUT2D eigenvalue weighted by molar-refractivity contribution is 7.99. The van der Waals surface area contributed by atoms with Gasteiger partial charge in [-0.2, -0.15) is 11.8 Å². The summed E-state index contributed by atoms with van der Waals surface area (Å²) in [5.41, 5.74) is 7.28. The van der Waals surface area contributed by atoms with E-state index in [-0.39, 0.29) is 5.82 Å². The molecule has 0 amide bonds. The summed E-state index contributed by atoms with van der Waals surface area (Å²) < 4.78 is 12.7. The lowest BCUT2D eigenvalue weighted by Crippen LogP contribution is -1.97. The molecule has 0 saturated heterocycles. The van der Waals surface area contributed by atoms with Crippen LogP contribution < -0.4 is 5.73 Å². The average Bonchev–Trinajstić information content (AvgIpc) is 2.16. The number of anilines is 1. The lowest BCUT2D eigenvalue weighted by atomic mass is 10.2. The molecule has 0 aliphatic heterocycles. The Labute approximate surface area is 88.9 Å². The molecule has 0 aromatic heterocycles. The van der Waals surface area contributed by atoms with E-state index >= 15 is 0 Å². The smallest absolute Gasteiger partial charge is 0.125 e. The van der Waals surface area contributed by atoms with Gasteiger partial charge in [-0.05, 0) is 24.1 Å². The minimum absolute atomic E-state index is 0.264. The maximum atomic E-state index is 12.7. The van der Waals surface area contributed by atoms with Crippen LogP contribution in [0.15, 0.2) is 18.2 Å². The van der Waals surface area contributed by atoms with Crippen molar-refractivity contribution in [2.45, 2.75) is 31.3 Å². The standard InChI is InChI=1S/C11H16FNS/c1-3-8(2)14-7-9-4-5-10(12)6-11(9)13/h4-6,8H,3,7,13H2,1-2H3. The Bertz CT molecular complexity index is 301. The lowest BCUT2D eigenvalue weighted by molar-refractivity contribution is 0.628. The summed E-state index contributed by atoms with van der Waals surface area (Å²) in [6, 6.07) is 4.61. The number of halogens is 1. The Hall–Kier alpha value is -0.700. The van der Waals surface area contributed by atoms with Crippen molar-refractivity contribution in [2.75, 3.05) is 5.73 Å². The van der Waals surface area contributed by atoms with Crippen LogP contribution in [0.4, 0.5) is 10.1 Å². The van der Waals surface area contributed by atoms with E-state index < -0.39 is 0 Å². The van der Waals surface area contributed by atoms with Gasteiger partial charge in [-0.15, -0.1) is 0 Å². The van der Waals surface area contributed by atoms with Gasteiger partial charge < -0.3 is 5.73 Å². The first-order chi connectivity index (χ1) is 6.63. The third-order valence-electron chi connectivity index (χ3n) is 2.21. The molecular formula is C11H16FNS. The van der Waals surface area contributed by atoms with E-state index in [9.17, 15) is 4.39 Å². The number of thioether (sulfide) groups is 1. The highest BCUT2D eigenvalue weighted by Crippen LogP contribution is 2.23. The maximum Gasteiger partial charge on any atom is 0.125 e. The molecule has 1 atom stereocenters. The summed E-state index contributed by atoms with van der Waals surface area (Å²) in [6.07, 6.45) is 1.14. The number of hydrogen-bond acceptors (Lipinski definition) is 2. The fraction of sp³-hybridized carbons (Fsp3) is 0.455. The summed E-state index contributed by atoms with van der Waals surface area (Å²) in [7, 11) is 0. The first-order valence-corrected chi connectivity index (χ1v) is 5.84. The normalized spacial score (nSPS) is 12.8. The molecule has 0 spiro atoms. The van der Waals surface area contributed by atoms with Crippen molar-refractivity contribution in [2.24, 2.45) is 0 Å². The average molecular weight is 213 g/mol. The van der Waals surface area contributed by atoms with Crippen molar-refractivity contribution in [3.63, 3.8) is 0 Å². The number of nitrogen functional groups attached to an aromatic ring is 1. The second-order valence-corrected chi connectivity index (χ2v) is 4.80. The van der Waals surface area contributed by atoms with Crippen LogP contribution in [-0.4, -0.2) is 5.25 Å². The molecular weight excluding hydrogens is 197 g/mol. The second kappa shape index (κ2) is 5.25. The van der Waals surface area contributed by atoms with Gasteiger partial charge in [0.2, 0.25) is 0 Å². The molecule has 2 N–H and O–H groups in total. The van der Waals surface area contributed by atoms with Gasteiger partial charge >= 0.3 is 0 Å². The number of rotatable bonds is 4. The van der Waals surface area contributed by atoms with E-state index in [1.807, 2.05) is 11.8 Å². The fourth-order valence-electron chi connectivity index (χ4n) is 1.05. The molecule has 0 aliphatic carbocycles.